The lowest BCUT2D eigenvalue weighted by molar-refractivity contribution is -0.00379. The molecule has 6 heteroatoms. The Bertz CT molecular complexity index is 859. The number of carbonyl (C=O) groups is 1. The molecular formula is C23H31N3O3. The molecule has 1 amide bonds. The summed E-state index contributed by atoms with van der Waals surface area (Å²) >= 11 is 0. The van der Waals surface area contributed by atoms with Crippen molar-refractivity contribution in [3.8, 4) is 5.75 Å². The molecule has 5 rings (SSSR count). The fourth-order valence-corrected chi connectivity index (χ4v) is 5.22. The Hall–Kier alpha value is -2.05. The summed E-state index contributed by atoms with van der Waals surface area (Å²) in [4.78, 5) is 20.0. The molecule has 0 atom stereocenters. The van der Waals surface area contributed by atoms with E-state index in [4.69, 9.17) is 9.15 Å². The van der Waals surface area contributed by atoms with Crippen LogP contribution < -0.4 is 4.74 Å². The van der Waals surface area contributed by atoms with Gasteiger partial charge in [-0.1, -0.05) is 31.4 Å². The summed E-state index contributed by atoms with van der Waals surface area (Å²) in [5.41, 5.74) is 0.647. The maximum Gasteiger partial charge on any atom is 0.289 e. The van der Waals surface area contributed by atoms with Gasteiger partial charge in [-0.15, -0.1) is 0 Å². The molecule has 1 saturated carbocycles. The number of hydrogen-bond donors (Lipinski definition) is 0. The molecule has 1 aromatic carbocycles. The number of amides is 1. The quantitative estimate of drug-likeness (QED) is 0.793. The van der Waals surface area contributed by atoms with Crippen LogP contribution in [-0.4, -0.2) is 79.1 Å². The van der Waals surface area contributed by atoms with Crippen molar-refractivity contribution < 1.29 is 13.9 Å². The molecule has 0 radical (unpaired) electrons. The van der Waals surface area contributed by atoms with Crippen LogP contribution in [-0.2, 0) is 0 Å². The Kier molecular flexibility index (Phi) is 5.22. The molecule has 6 nitrogen and oxygen atoms in total. The number of para-hydroxylation sites is 1. The van der Waals surface area contributed by atoms with E-state index >= 15 is 0 Å². The van der Waals surface area contributed by atoms with Crippen molar-refractivity contribution in [2.24, 2.45) is 0 Å². The minimum absolute atomic E-state index is 0.0136. The third-order valence-electron chi connectivity index (χ3n) is 7.04. The number of rotatable bonds is 4. The first-order valence-corrected chi connectivity index (χ1v) is 11.1. The van der Waals surface area contributed by atoms with E-state index in [-0.39, 0.29) is 5.91 Å². The first kappa shape index (κ1) is 18.9. The van der Waals surface area contributed by atoms with Gasteiger partial charge in [0.15, 0.2) is 17.1 Å². The van der Waals surface area contributed by atoms with Gasteiger partial charge in [-0.3, -0.25) is 14.6 Å². The molecule has 2 aromatic rings. The van der Waals surface area contributed by atoms with Crippen molar-refractivity contribution in [3.63, 3.8) is 0 Å². The van der Waals surface area contributed by atoms with Gasteiger partial charge in [-0.2, -0.15) is 0 Å². The third-order valence-corrected chi connectivity index (χ3v) is 7.04. The van der Waals surface area contributed by atoms with Crippen molar-refractivity contribution in [2.45, 2.75) is 44.2 Å². The highest BCUT2D eigenvalue weighted by molar-refractivity contribution is 5.97. The number of likely N-dealkylation sites (tertiary alicyclic amines) is 1. The van der Waals surface area contributed by atoms with Crippen LogP contribution in [0.15, 0.2) is 28.7 Å². The molecule has 3 heterocycles. The van der Waals surface area contributed by atoms with Crippen molar-refractivity contribution in [1.82, 2.24) is 14.7 Å². The Balaban J connectivity index is 1.15. The second-order valence-corrected chi connectivity index (χ2v) is 8.72. The average molecular weight is 398 g/mol. The molecule has 0 unspecified atom stereocenters. The van der Waals surface area contributed by atoms with Crippen LogP contribution in [0.3, 0.4) is 0 Å². The topological polar surface area (TPSA) is 49.2 Å². The summed E-state index contributed by atoms with van der Waals surface area (Å²) in [6, 6.07) is 8.85. The standard InChI is InChI=1S/C23H31N3O3/c1-28-20-9-5-6-17-14-21(29-22(17)20)23(27)26-15-19(16-26)25-12-10-24(11-13-25)18-7-3-2-4-8-18/h5-6,9,14,18-19H,2-4,7-8,10-13,15-16H2,1H3. The zero-order valence-electron chi connectivity index (χ0n) is 17.3. The van der Waals surface area contributed by atoms with Crippen molar-refractivity contribution >= 4 is 16.9 Å². The van der Waals surface area contributed by atoms with Crippen LogP contribution >= 0.6 is 0 Å². The lowest BCUT2D eigenvalue weighted by Crippen LogP contribution is -2.64. The van der Waals surface area contributed by atoms with Gasteiger partial charge in [0.05, 0.1) is 7.11 Å². The molecule has 29 heavy (non-hydrogen) atoms. The fourth-order valence-electron chi connectivity index (χ4n) is 5.22. The van der Waals surface area contributed by atoms with Crippen LogP contribution in [0.1, 0.15) is 42.7 Å². The van der Waals surface area contributed by atoms with Crippen LogP contribution in [0.4, 0.5) is 0 Å². The Morgan fingerprint density at radius 3 is 2.38 bits per heavy atom. The molecule has 3 fully saturated rings. The van der Waals surface area contributed by atoms with Gasteiger partial charge in [0.2, 0.25) is 0 Å². The van der Waals surface area contributed by atoms with Crippen molar-refractivity contribution in [3.05, 3.63) is 30.0 Å². The van der Waals surface area contributed by atoms with E-state index < -0.39 is 0 Å². The number of nitrogens with zero attached hydrogens (tertiary/aromatic N) is 3. The lowest BCUT2D eigenvalue weighted by atomic mass is 9.93. The van der Waals surface area contributed by atoms with Gasteiger partial charge in [0, 0.05) is 56.7 Å². The SMILES string of the molecule is COc1cccc2cc(C(=O)N3CC(N4CCN(C5CCCCC5)CC4)C3)oc12. The summed E-state index contributed by atoms with van der Waals surface area (Å²) in [5.74, 6) is 1.06. The van der Waals surface area contributed by atoms with E-state index in [0.29, 0.717) is 23.1 Å². The predicted molar refractivity (Wildman–Crippen MR) is 112 cm³/mol. The number of hydrogen-bond acceptors (Lipinski definition) is 5. The first-order chi connectivity index (χ1) is 14.2. The molecular weight excluding hydrogens is 366 g/mol. The van der Waals surface area contributed by atoms with E-state index in [9.17, 15) is 4.79 Å². The number of methoxy groups -OCH3 is 1. The van der Waals surface area contributed by atoms with Crippen LogP contribution in [0.5, 0.6) is 5.75 Å². The Morgan fingerprint density at radius 2 is 1.69 bits per heavy atom. The third kappa shape index (κ3) is 3.64. The predicted octanol–water partition coefficient (Wildman–Crippen LogP) is 3.22. The molecule has 2 saturated heterocycles. The second-order valence-electron chi connectivity index (χ2n) is 8.72. The van der Waals surface area contributed by atoms with E-state index in [1.807, 2.05) is 29.2 Å². The molecule has 1 aromatic heterocycles. The molecule has 0 spiro atoms. The smallest absolute Gasteiger partial charge is 0.289 e. The maximum absolute atomic E-state index is 12.8. The zero-order valence-corrected chi connectivity index (χ0v) is 17.3. The summed E-state index contributed by atoms with van der Waals surface area (Å²) in [5, 5.41) is 0.906. The number of benzene rings is 1. The first-order valence-electron chi connectivity index (χ1n) is 11.1. The zero-order chi connectivity index (χ0) is 19.8. The lowest BCUT2D eigenvalue weighted by Gasteiger charge is -2.49. The van der Waals surface area contributed by atoms with Crippen LogP contribution in [0.2, 0.25) is 0 Å². The second kappa shape index (κ2) is 8.00. The van der Waals surface area contributed by atoms with E-state index in [0.717, 1.165) is 37.6 Å². The van der Waals surface area contributed by atoms with Crippen molar-refractivity contribution in [2.75, 3.05) is 46.4 Å². The normalized spacial score (nSPS) is 22.7. The molecule has 1 aliphatic carbocycles. The largest absolute Gasteiger partial charge is 0.493 e. The summed E-state index contributed by atoms with van der Waals surface area (Å²) in [6.45, 7) is 6.22. The molecule has 0 N–H and O–H groups in total. The van der Waals surface area contributed by atoms with Crippen molar-refractivity contribution in [1.29, 1.82) is 0 Å². The van der Waals surface area contributed by atoms with E-state index in [2.05, 4.69) is 9.80 Å². The molecule has 2 aliphatic heterocycles. The van der Waals surface area contributed by atoms with Gasteiger partial charge >= 0.3 is 0 Å². The minimum atomic E-state index is -0.0136. The van der Waals surface area contributed by atoms with Gasteiger partial charge in [0.25, 0.3) is 5.91 Å². The Morgan fingerprint density at radius 1 is 1.00 bits per heavy atom. The highest BCUT2D eigenvalue weighted by Gasteiger charge is 2.38. The van der Waals surface area contributed by atoms with Gasteiger partial charge in [-0.05, 0) is 25.0 Å². The Labute approximate surface area is 172 Å². The summed E-state index contributed by atoms with van der Waals surface area (Å²) < 4.78 is 11.2. The number of furan rings is 1. The maximum atomic E-state index is 12.8. The summed E-state index contributed by atoms with van der Waals surface area (Å²) in [6.07, 6.45) is 6.99. The minimum Gasteiger partial charge on any atom is -0.493 e. The number of carbonyl (C=O) groups excluding carboxylic acids is 1. The molecule has 3 aliphatic rings. The highest BCUT2D eigenvalue weighted by Crippen LogP contribution is 2.30. The number of ether oxygens (including phenoxy) is 1. The summed E-state index contributed by atoms with van der Waals surface area (Å²) in [7, 11) is 1.62. The molecule has 156 valence electrons. The van der Waals surface area contributed by atoms with Gasteiger partial charge in [0.1, 0.15) is 0 Å². The van der Waals surface area contributed by atoms with E-state index in [1.54, 1.807) is 7.11 Å². The van der Waals surface area contributed by atoms with Gasteiger partial charge < -0.3 is 14.1 Å². The number of piperazine rings is 1. The highest BCUT2D eigenvalue weighted by atomic mass is 16.5. The molecule has 0 bridgehead atoms. The number of fused-ring (bicyclic) bond motifs is 1. The van der Waals surface area contributed by atoms with Crippen LogP contribution in [0.25, 0.3) is 11.0 Å². The van der Waals surface area contributed by atoms with Gasteiger partial charge in [-0.25, -0.2) is 0 Å². The monoisotopic (exact) mass is 397 g/mol. The van der Waals surface area contributed by atoms with Crippen LogP contribution in [0, 0.1) is 0 Å². The van der Waals surface area contributed by atoms with E-state index in [1.165, 1.54) is 45.2 Å². The average Bonchev–Trinajstić information content (AvgIpc) is 3.18. The fraction of sp³-hybridized carbons (Fsp3) is 0.609.